The molecule has 1 aromatic carbocycles. The summed E-state index contributed by atoms with van der Waals surface area (Å²) in [6.07, 6.45) is 6.28. The van der Waals surface area contributed by atoms with E-state index in [1.54, 1.807) is 0 Å². The third-order valence-electron chi connectivity index (χ3n) is 3.61. The van der Waals surface area contributed by atoms with Crippen LogP contribution in [0.1, 0.15) is 53.9 Å². The first-order valence-corrected chi connectivity index (χ1v) is 7.86. The molecule has 0 aromatic heterocycles. The fourth-order valence-corrected chi connectivity index (χ4v) is 2.55. The van der Waals surface area contributed by atoms with Gasteiger partial charge in [-0.25, -0.2) is 0 Å². The summed E-state index contributed by atoms with van der Waals surface area (Å²) in [5, 5.41) is 0. The minimum atomic E-state index is 0.305. The van der Waals surface area contributed by atoms with Crippen molar-refractivity contribution in [2.45, 2.75) is 59.4 Å². The average molecular weight is 280 g/mol. The van der Waals surface area contributed by atoms with Crippen LogP contribution in [0.15, 0.2) is 30.3 Å². The van der Waals surface area contributed by atoms with Gasteiger partial charge >= 0.3 is 0 Å². The minimum Gasteiger partial charge on any atom is -0.327 e. The van der Waals surface area contributed by atoms with Gasteiger partial charge in [-0.3, -0.25) is 0 Å². The quantitative estimate of drug-likeness (QED) is 0.880. The Hall–Kier alpha value is -0.860. The molecule has 0 saturated carbocycles. The molecule has 1 aliphatic heterocycles. The van der Waals surface area contributed by atoms with Crippen LogP contribution in [-0.4, -0.2) is 30.6 Å². The van der Waals surface area contributed by atoms with Crippen molar-refractivity contribution >= 4 is 0 Å². The van der Waals surface area contributed by atoms with Crippen molar-refractivity contribution in [1.29, 1.82) is 0 Å². The van der Waals surface area contributed by atoms with Crippen LogP contribution in [-0.2, 0) is 6.42 Å². The fraction of sp³-hybridized carbons (Fsp3) is 0.667. The molecule has 1 aromatic rings. The van der Waals surface area contributed by atoms with Gasteiger partial charge in [0.1, 0.15) is 0 Å². The molecule has 0 aliphatic carbocycles. The average Bonchev–Trinajstić information content (AvgIpc) is 2.58. The molecule has 1 fully saturated rings. The minimum absolute atomic E-state index is 0.305. The van der Waals surface area contributed by atoms with Crippen LogP contribution in [0.3, 0.4) is 0 Å². The lowest BCUT2D eigenvalue weighted by Gasteiger charge is -2.27. The smallest absolute Gasteiger partial charge is 0.0194 e. The number of piperidine rings is 1. The molecular weight excluding hydrogens is 244 g/mol. The van der Waals surface area contributed by atoms with E-state index >= 15 is 0 Å². The normalized spacial score (nSPS) is 16.9. The Morgan fingerprint density at radius 2 is 1.75 bits per heavy atom. The Bertz CT molecular complexity index is 310. The van der Waals surface area contributed by atoms with Gasteiger partial charge in [0.25, 0.3) is 0 Å². The molecule has 0 amide bonds. The van der Waals surface area contributed by atoms with Crippen molar-refractivity contribution in [2.75, 3.05) is 19.6 Å². The maximum atomic E-state index is 6.20. The number of hydrogen-bond acceptors (Lipinski definition) is 2. The molecule has 1 heterocycles. The van der Waals surface area contributed by atoms with E-state index in [1.165, 1.54) is 51.9 Å². The van der Waals surface area contributed by atoms with Crippen molar-refractivity contribution in [3.8, 4) is 0 Å². The summed E-state index contributed by atoms with van der Waals surface area (Å²) in [5.74, 6) is 0. The number of nitrogens with zero attached hydrogens (tertiary/aromatic N) is 1. The molecule has 1 saturated heterocycles. The van der Waals surface area contributed by atoms with E-state index in [-0.39, 0.29) is 0 Å². The Morgan fingerprint density at radius 3 is 2.35 bits per heavy atom. The van der Waals surface area contributed by atoms with E-state index in [1.807, 2.05) is 13.8 Å². The molecule has 1 atom stereocenters. The molecular formula is C18H34N2. The maximum absolute atomic E-state index is 6.20. The summed E-state index contributed by atoms with van der Waals surface area (Å²) in [4.78, 5) is 2.56. The Morgan fingerprint density at radius 1 is 1.15 bits per heavy atom. The van der Waals surface area contributed by atoms with E-state index in [4.69, 9.17) is 7.10 Å². The zero-order valence-electron chi connectivity index (χ0n) is 14.6. The second kappa shape index (κ2) is 11.9. The third kappa shape index (κ3) is 7.66. The molecule has 1 aliphatic rings. The molecule has 20 heavy (non-hydrogen) atoms. The van der Waals surface area contributed by atoms with Gasteiger partial charge in [-0.1, -0.05) is 58.0 Å². The van der Waals surface area contributed by atoms with Gasteiger partial charge < -0.3 is 10.6 Å². The number of likely N-dealkylation sites (tertiary alicyclic amines) is 1. The topological polar surface area (TPSA) is 29.3 Å². The highest BCUT2D eigenvalue weighted by atomic mass is 15.1. The van der Waals surface area contributed by atoms with E-state index in [0.717, 1.165) is 12.8 Å². The highest BCUT2D eigenvalue weighted by Gasteiger charge is 2.11. The highest BCUT2D eigenvalue weighted by Crippen LogP contribution is 2.10. The standard InChI is InChI=1S/C15H24N2.C2H6.CH4/c16-15(13-14-7-3-1-4-8-14)9-12-17-10-5-2-6-11-17;1-2;/h1,3-4,7-8,15H,2,5-6,9-13,16H2;1-2H3;1H4/i;;1T. The predicted octanol–water partition coefficient (Wildman–Crippen LogP) is 4.09. The van der Waals surface area contributed by atoms with Crippen molar-refractivity contribution in [3.05, 3.63) is 35.9 Å². The van der Waals surface area contributed by atoms with Crippen LogP contribution in [0.4, 0.5) is 0 Å². The van der Waals surface area contributed by atoms with Gasteiger partial charge in [-0.05, 0) is 50.9 Å². The molecule has 0 spiro atoms. The molecule has 2 nitrogen and oxygen atoms in total. The fourth-order valence-electron chi connectivity index (χ4n) is 2.55. The first kappa shape index (κ1) is 17.2. The van der Waals surface area contributed by atoms with Gasteiger partial charge in [0.15, 0.2) is 0 Å². The number of rotatable bonds is 5. The molecule has 2 rings (SSSR count). The van der Waals surface area contributed by atoms with Gasteiger partial charge in [-0.15, -0.1) is 0 Å². The Balaban J connectivity index is 0.000000921. The zero-order valence-corrected chi connectivity index (χ0v) is 13.6. The summed E-state index contributed by atoms with van der Waals surface area (Å²) in [7, 11) is 1.25. The lowest BCUT2D eigenvalue weighted by atomic mass is 10.0. The van der Waals surface area contributed by atoms with E-state index < -0.39 is 0 Å². The van der Waals surface area contributed by atoms with Crippen LogP contribution in [0, 0.1) is 0 Å². The summed E-state index contributed by atoms with van der Waals surface area (Å²) in [5.41, 5.74) is 7.56. The van der Waals surface area contributed by atoms with Crippen molar-refractivity contribution in [1.82, 2.24) is 4.90 Å². The SMILES string of the molecule is CC.NC(CCN1CCCCC1)Cc1ccccc1.[3H]C. The highest BCUT2D eigenvalue weighted by molar-refractivity contribution is 5.15. The second-order valence-electron chi connectivity index (χ2n) is 5.14. The van der Waals surface area contributed by atoms with Crippen LogP contribution in [0.5, 0.6) is 0 Å². The Kier molecular flexibility index (Phi) is 10.3. The van der Waals surface area contributed by atoms with Crippen molar-refractivity contribution < 1.29 is 1.37 Å². The lowest BCUT2D eigenvalue weighted by molar-refractivity contribution is 0.221. The molecule has 116 valence electrons. The molecule has 1 unspecified atom stereocenters. The summed E-state index contributed by atoms with van der Waals surface area (Å²) in [6.45, 7) is 7.73. The number of hydrogen-bond donors (Lipinski definition) is 1. The van der Waals surface area contributed by atoms with Crippen LogP contribution in [0.2, 0.25) is 0 Å². The maximum Gasteiger partial charge on any atom is 0.0194 e. The largest absolute Gasteiger partial charge is 0.327 e. The van der Waals surface area contributed by atoms with Crippen molar-refractivity contribution in [3.63, 3.8) is 0 Å². The zero-order chi connectivity index (χ0) is 15.9. The van der Waals surface area contributed by atoms with Crippen LogP contribution < -0.4 is 5.73 Å². The first-order chi connectivity index (χ1) is 10.3. The van der Waals surface area contributed by atoms with Gasteiger partial charge in [0.2, 0.25) is 0 Å². The monoisotopic (exact) mass is 280 g/mol. The second-order valence-corrected chi connectivity index (χ2v) is 5.14. The van der Waals surface area contributed by atoms with Gasteiger partial charge in [0, 0.05) is 7.41 Å². The molecule has 0 bridgehead atoms. The molecule has 2 N–H and O–H groups in total. The van der Waals surface area contributed by atoms with E-state index in [2.05, 4.69) is 35.2 Å². The summed E-state index contributed by atoms with van der Waals surface area (Å²) in [6, 6.07) is 10.9. The van der Waals surface area contributed by atoms with E-state index in [9.17, 15) is 0 Å². The van der Waals surface area contributed by atoms with Gasteiger partial charge in [0.05, 0.1) is 0 Å². The van der Waals surface area contributed by atoms with E-state index in [0.29, 0.717) is 6.04 Å². The van der Waals surface area contributed by atoms with Crippen LogP contribution >= 0.6 is 0 Å². The molecule has 0 radical (unpaired) electrons. The predicted molar refractivity (Wildman–Crippen MR) is 91.1 cm³/mol. The Labute approximate surface area is 127 Å². The summed E-state index contributed by atoms with van der Waals surface area (Å²) >= 11 is 0. The van der Waals surface area contributed by atoms with Crippen molar-refractivity contribution in [2.24, 2.45) is 5.73 Å². The summed E-state index contributed by atoms with van der Waals surface area (Å²) < 4.78 is 5.75. The van der Waals surface area contributed by atoms with Gasteiger partial charge in [-0.2, -0.15) is 0 Å². The third-order valence-corrected chi connectivity index (χ3v) is 3.61. The molecule has 2 heteroatoms. The lowest BCUT2D eigenvalue weighted by Crippen LogP contribution is -2.35. The number of nitrogens with two attached hydrogens (primary N) is 1. The first-order valence-electron chi connectivity index (χ1n) is 8.86. The number of benzene rings is 1. The van der Waals surface area contributed by atoms with Crippen LogP contribution in [0.25, 0.3) is 0 Å².